The molecule has 0 aliphatic carbocycles. The van der Waals surface area contributed by atoms with Crippen molar-refractivity contribution >= 4 is 22.6 Å². The molecule has 0 saturated heterocycles. The van der Waals surface area contributed by atoms with Gasteiger partial charge in [0, 0.05) is 11.5 Å². The fourth-order valence-corrected chi connectivity index (χ4v) is 2.88. The van der Waals surface area contributed by atoms with Crippen LogP contribution >= 0.6 is 0 Å². The zero-order valence-electron chi connectivity index (χ0n) is 14.4. The molecule has 2 aromatic carbocycles. The molecular weight excluding hydrogens is 334 g/mol. The summed E-state index contributed by atoms with van der Waals surface area (Å²) < 4.78 is 5.33. The number of carbonyl (C=O) groups is 1. The first-order valence-corrected chi connectivity index (χ1v) is 8.23. The van der Waals surface area contributed by atoms with Crippen LogP contribution in [-0.4, -0.2) is 22.2 Å². The first-order chi connectivity index (χ1) is 12.4. The Morgan fingerprint density at radius 1 is 1.12 bits per heavy atom. The third kappa shape index (κ3) is 3.26. The van der Waals surface area contributed by atoms with Crippen LogP contribution in [0.5, 0.6) is 5.75 Å². The smallest absolute Gasteiger partial charge is 0.336 e. The molecule has 1 heterocycles. The van der Waals surface area contributed by atoms with E-state index < -0.39 is 17.6 Å². The van der Waals surface area contributed by atoms with Gasteiger partial charge in [0.15, 0.2) is 5.58 Å². The van der Waals surface area contributed by atoms with E-state index in [2.05, 4.69) is 5.32 Å². The Morgan fingerprint density at radius 3 is 2.42 bits per heavy atom. The maximum atomic E-state index is 12.1. The topological polar surface area (TPSA) is 99.8 Å². The lowest BCUT2D eigenvalue weighted by atomic mass is 10.00. The van der Waals surface area contributed by atoms with Crippen molar-refractivity contribution in [3.63, 3.8) is 0 Å². The number of carboxylic acids is 1. The SMILES string of the molecule is CC(C)C(Nc1c(O)ccc2c(-c3ccccc3)cc(=O)oc12)C(=O)O. The monoisotopic (exact) mass is 353 g/mol. The van der Waals surface area contributed by atoms with Crippen LogP contribution in [0.25, 0.3) is 22.1 Å². The molecule has 134 valence electrons. The molecule has 3 rings (SSSR count). The molecule has 0 aliphatic rings. The number of aromatic hydroxyl groups is 1. The molecule has 26 heavy (non-hydrogen) atoms. The predicted molar refractivity (Wildman–Crippen MR) is 99.5 cm³/mol. The summed E-state index contributed by atoms with van der Waals surface area (Å²) in [6.07, 6.45) is 0. The number of phenols is 1. The summed E-state index contributed by atoms with van der Waals surface area (Å²) in [4.78, 5) is 23.6. The Bertz CT molecular complexity index is 1010. The van der Waals surface area contributed by atoms with E-state index in [1.165, 1.54) is 12.1 Å². The fourth-order valence-electron chi connectivity index (χ4n) is 2.88. The van der Waals surface area contributed by atoms with Gasteiger partial charge >= 0.3 is 11.6 Å². The molecule has 3 aromatic rings. The largest absolute Gasteiger partial charge is 0.506 e. The molecule has 1 atom stereocenters. The van der Waals surface area contributed by atoms with E-state index in [-0.39, 0.29) is 22.9 Å². The van der Waals surface area contributed by atoms with E-state index >= 15 is 0 Å². The molecule has 0 bridgehead atoms. The van der Waals surface area contributed by atoms with Gasteiger partial charge < -0.3 is 19.9 Å². The van der Waals surface area contributed by atoms with Crippen LogP contribution < -0.4 is 10.9 Å². The van der Waals surface area contributed by atoms with Crippen molar-refractivity contribution in [1.29, 1.82) is 0 Å². The lowest BCUT2D eigenvalue weighted by molar-refractivity contribution is -0.138. The van der Waals surface area contributed by atoms with Gasteiger partial charge in [-0.25, -0.2) is 9.59 Å². The van der Waals surface area contributed by atoms with E-state index in [1.807, 2.05) is 30.3 Å². The van der Waals surface area contributed by atoms with Crippen molar-refractivity contribution in [3.8, 4) is 16.9 Å². The summed E-state index contributed by atoms with van der Waals surface area (Å²) in [5, 5.41) is 23.1. The summed E-state index contributed by atoms with van der Waals surface area (Å²) in [7, 11) is 0. The Labute approximate surface area is 149 Å². The molecule has 6 heteroatoms. The van der Waals surface area contributed by atoms with Crippen molar-refractivity contribution in [1.82, 2.24) is 0 Å². The highest BCUT2D eigenvalue weighted by atomic mass is 16.4. The average molecular weight is 353 g/mol. The first kappa shape index (κ1) is 17.5. The van der Waals surface area contributed by atoms with Crippen LogP contribution in [0.3, 0.4) is 0 Å². The summed E-state index contributed by atoms with van der Waals surface area (Å²) in [5.74, 6) is -1.48. The quantitative estimate of drug-likeness (QED) is 0.478. The van der Waals surface area contributed by atoms with Gasteiger partial charge in [0.05, 0.1) is 0 Å². The Balaban J connectivity index is 2.25. The van der Waals surface area contributed by atoms with Gasteiger partial charge in [0.25, 0.3) is 0 Å². The number of fused-ring (bicyclic) bond motifs is 1. The second kappa shape index (κ2) is 6.92. The molecule has 1 aromatic heterocycles. The lowest BCUT2D eigenvalue weighted by Crippen LogP contribution is -2.34. The van der Waals surface area contributed by atoms with Gasteiger partial charge in [-0.05, 0) is 29.2 Å². The van der Waals surface area contributed by atoms with Gasteiger partial charge in [-0.2, -0.15) is 0 Å². The van der Waals surface area contributed by atoms with Crippen molar-refractivity contribution in [2.45, 2.75) is 19.9 Å². The van der Waals surface area contributed by atoms with Crippen LogP contribution in [0.4, 0.5) is 5.69 Å². The second-order valence-corrected chi connectivity index (χ2v) is 6.39. The van der Waals surface area contributed by atoms with Crippen LogP contribution in [0, 0.1) is 5.92 Å². The standard InChI is InChI=1S/C20H19NO5/c1-11(2)17(20(24)25)21-18-15(22)9-8-13-14(10-16(23)26-19(13)18)12-6-4-3-5-7-12/h3-11,17,21-22H,1-2H3,(H,24,25). The van der Waals surface area contributed by atoms with Crippen LogP contribution in [0.2, 0.25) is 0 Å². The highest BCUT2D eigenvalue weighted by molar-refractivity contribution is 6.01. The van der Waals surface area contributed by atoms with Crippen LogP contribution in [-0.2, 0) is 4.79 Å². The minimum absolute atomic E-state index is 0.0958. The third-order valence-corrected chi connectivity index (χ3v) is 4.21. The number of carboxylic acid groups (broad SMARTS) is 1. The number of aliphatic carboxylic acids is 1. The molecule has 6 nitrogen and oxygen atoms in total. The summed E-state index contributed by atoms with van der Waals surface area (Å²) in [5.41, 5.74) is 1.11. The molecule has 0 saturated carbocycles. The molecule has 0 amide bonds. The van der Waals surface area contributed by atoms with Crippen molar-refractivity contribution in [2.24, 2.45) is 5.92 Å². The number of hydrogen-bond donors (Lipinski definition) is 3. The minimum Gasteiger partial charge on any atom is -0.506 e. The second-order valence-electron chi connectivity index (χ2n) is 6.39. The summed E-state index contributed by atoms with van der Waals surface area (Å²) >= 11 is 0. The number of benzene rings is 2. The number of rotatable bonds is 5. The maximum Gasteiger partial charge on any atom is 0.336 e. The van der Waals surface area contributed by atoms with Crippen molar-refractivity contribution in [3.05, 3.63) is 59.0 Å². The maximum absolute atomic E-state index is 12.1. The van der Waals surface area contributed by atoms with Crippen LogP contribution in [0.1, 0.15) is 13.8 Å². The highest BCUT2D eigenvalue weighted by Gasteiger charge is 2.24. The average Bonchev–Trinajstić information content (AvgIpc) is 2.60. The summed E-state index contributed by atoms with van der Waals surface area (Å²) in [6.45, 7) is 3.50. The molecule has 0 fully saturated rings. The van der Waals surface area contributed by atoms with Gasteiger partial charge in [-0.15, -0.1) is 0 Å². The fraction of sp³-hybridized carbons (Fsp3) is 0.200. The number of hydrogen-bond acceptors (Lipinski definition) is 5. The lowest BCUT2D eigenvalue weighted by Gasteiger charge is -2.20. The molecular formula is C20H19NO5. The predicted octanol–water partition coefficient (Wildman–Crippen LogP) is 3.69. The Hall–Kier alpha value is -3.28. The van der Waals surface area contributed by atoms with E-state index in [9.17, 15) is 19.8 Å². The third-order valence-electron chi connectivity index (χ3n) is 4.21. The van der Waals surface area contributed by atoms with Crippen molar-refractivity contribution in [2.75, 3.05) is 5.32 Å². The van der Waals surface area contributed by atoms with Gasteiger partial charge in [0.1, 0.15) is 17.5 Å². The van der Waals surface area contributed by atoms with E-state index in [1.54, 1.807) is 19.9 Å². The minimum atomic E-state index is -1.06. The zero-order chi connectivity index (χ0) is 18.8. The molecule has 3 N–H and O–H groups in total. The van der Waals surface area contributed by atoms with Gasteiger partial charge in [-0.3, -0.25) is 0 Å². The zero-order valence-corrected chi connectivity index (χ0v) is 14.4. The number of anilines is 1. The summed E-state index contributed by atoms with van der Waals surface area (Å²) in [6, 6.07) is 12.8. The Kier molecular flexibility index (Phi) is 4.67. The molecule has 0 aliphatic heterocycles. The molecule has 0 radical (unpaired) electrons. The van der Waals surface area contributed by atoms with Crippen molar-refractivity contribution < 1.29 is 19.4 Å². The van der Waals surface area contributed by atoms with Crippen LogP contribution in [0.15, 0.2) is 57.7 Å². The highest BCUT2D eigenvalue weighted by Crippen LogP contribution is 2.37. The first-order valence-electron chi connectivity index (χ1n) is 8.23. The number of nitrogens with one attached hydrogen (secondary N) is 1. The number of phenolic OH excluding ortho intramolecular Hbond substituents is 1. The van der Waals surface area contributed by atoms with Gasteiger partial charge in [0.2, 0.25) is 0 Å². The van der Waals surface area contributed by atoms with E-state index in [4.69, 9.17) is 4.42 Å². The molecule has 1 unspecified atom stereocenters. The Morgan fingerprint density at radius 2 is 1.81 bits per heavy atom. The molecule has 0 spiro atoms. The van der Waals surface area contributed by atoms with Gasteiger partial charge in [-0.1, -0.05) is 44.2 Å². The normalized spacial score (nSPS) is 12.3. The van der Waals surface area contributed by atoms with E-state index in [0.717, 1.165) is 5.56 Å². The van der Waals surface area contributed by atoms with E-state index in [0.29, 0.717) is 10.9 Å².